The second-order valence-corrected chi connectivity index (χ2v) is 9.36. The molecule has 7 rings (SSSR count). The number of amides is 1. The summed E-state index contributed by atoms with van der Waals surface area (Å²) in [6.07, 6.45) is 5.24. The van der Waals surface area contributed by atoms with Crippen molar-refractivity contribution in [1.29, 1.82) is 0 Å². The number of halogens is 1. The van der Waals surface area contributed by atoms with E-state index in [-0.39, 0.29) is 23.5 Å². The predicted octanol–water partition coefficient (Wildman–Crippen LogP) is 2.75. The zero-order chi connectivity index (χ0) is 17.2. The summed E-state index contributed by atoms with van der Waals surface area (Å²) in [5.74, 6) is 1.23. The van der Waals surface area contributed by atoms with Gasteiger partial charge in [0, 0.05) is 34.6 Å². The minimum Gasteiger partial charge on any atom is -0.373 e. The Morgan fingerprint density at radius 1 is 1.31 bits per heavy atom. The molecule has 5 heteroatoms. The van der Waals surface area contributed by atoms with E-state index < -0.39 is 0 Å². The fourth-order valence-corrected chi connectivity index (χ4v) is 7.69. The minimum atomic E-state index is 0.0367. The van der Waals surface area contributed by atoms with Crippen LogP contribution in [0.25, 0.3) is 0 Å². The molecule has 4 fully saturated rings. The number of hydrogen-bond acceptors (Lipinski definition) is 3. The van der Waals surface area contributed by atoms with Crippen LogP contribution >= 0.6 is 11.6 Å². The summed E-state index contributed by atoms with van der Waals surface area (Å²) < 4.78 is 6.25. The van der Waals surface area contributed by atoms with Gasteiger partial charge in [0.05, 0.1) is 25.2 Å². The lowest BCUT2D eigenvalue weighted by molar-refractivity contribution is -0.132. The summed E-state index contributed by atoms with van der Waals surface area (Å²) >= 11 is 6.44. The topological polar surface area (TPSA) is 32.8 Å². The molecule has 1 aromatic carbocycles. The molecular weight excluding hydrogens is 348 g/mol. The molecule has 134 valence electrons. The predicted molar refractivity (Wildman–Crippen MR) is 98.4 cm³/mol. The maximum absolute atomic E-state index is 13.2. The Bertz CT molecular complexity index is 898. The fourth-order valence-electron chi connectivity index (χ4n) is 7.52. The van der Waals surface area contributed by atoms with Crippen molar-refractivity contribution >= 4 is 23.2 Å². The van der Waals surface area contributed by atoms with E-state index in [1.165, 1.54) is 12.0 Å². The number of nitrogens with zero attached hydrogens (tertiary/aromatic N) is 2. The first-order chi connectivity index (χ1) is 12.7. The second kappa shape index (κ2) is 4.54. The Hall–Kier alpha value is -1.36. The molecule has 26 heavy (non-hydrogen) atoms. The fraction of sp³-hybridized carbons (Fsp3) is 0.571. The van der Waals surface area contributed by atoms with Crippen molar-refractivity contribution in [2.75, 3.05) is 24.6 Å². The number of benzene rings is 1. The van der Waals surface area contributed by atoms with Gasteiger partial charge >= 0.3 is 0 Å². The van der Waals surface area contributed by atoms with Crippen LogP contribution in [0.5, 0.6) is 0 Å². The van der Waals surface area contributed by atoms with Gasteiger partial charge in [-0.05, 0) is 49.1 Å². The molecule has 1 amide bonds. The summed E-state index contributed by atoms with van der Waals surface area (Å²) in [6, 6.07) is 6.95. The molecule has 2 bridgehead atoms. The van der Waals surface area contributed by atoms with Crippen molar-refractivity contribution in [3.8, 4) is 0 Å². The first-order valence-electron chi connectivity index (χ1n) is 9.85. The van der Waals surface area contributed by atoms with E-state index in [1.807, 2.05) is 6.07 Å². The van der Waals surface area contributed by atoms with Gasteiger partial charge in [-0.1, -0.05) is 23.3 Å². The molecule has 0 radical (unpaired) electrons. The van der Waals surface area contributed by atoms with E-state index in [4.69, 9.17) is 16.3 Å². The monoisotopic (exact) mass is 368 g/mol. The van der Waals surface area contributed by atoms with Crippen LogP contribution in [0.1, 0.15) is 24.8 Å². The Kier molecular flexibility index (Phi) is 2.56. The highest BCUT2D eigenvalue weighted by Crippen LogP contribution is 2.65. The number of ether oxygens (including phenoxy) is 1. The quantitative estimate of drug-likeness (QED) is 0.660. The van der Waals surface area contributed by atoms with Gasteiger partial charge in [-0.3, -0.25) is 9.69 Å². The number of rotatable bonds is 0. The number of fused-ring (bicyclic) bond motifs is 2. The van der Waals surface area contributed by atoms with Crippen LogP contribution in [0.3, 0.4) is 0 Å². The largest absolute Gasteiger partial charge is 0.373 e. The van der Waals surface area contributed by atoms with E-state index in [1.54, 1.807) is 5.57 Å². The van der Waals surface area contributed by atoms with Crippen LogP contribution in [0.15, 0.2) is 29.8 Å². The minimum absolute atomic E-state index is 0.0367. The summed E-state index contributed by atoms with van der Waals surface area (Å²) in [7, 11) is 0. The van der Waals surface area contributed by atoms with Gasteiger partial charge in [-0.15, -0.1) is 0 Å². The Morgan fingerprint density at radius 2 is 2.23 bits per heavy atom. The van der Waals surface area contributed by atoms with Gasteiger partial charge in [-0.2, -0.15) is 0 Å². The van der Waals surface area contributed by atoms with Crippen molar-refractivity contribution in [2.24, 2.45) is 11.8 Å². The van der Waals surface area contributed by atoms with Gasteiger partial charge in [-0.25, -0.2) is 0 Å². The second-order valence-electron chi connectivity index (χ2n) is 8.92. The Labute approximate surface area is 157 Å². The van der Waals surface area contributed by atoms with Gasteiger partial charge < -0.3 is 9.64 Å². The Balaban J connectivity index is 1.55. The van der Waals surface area contributed by atoms with Crippen molar-refractivity contribution < 1.29 is 9.53 Å². The third kappa shape index (κ3) is 1.45. The number of carbonyl (C=O) groups is 1. The van der Waals surface area contributed by atoms with Gasteiger partial charge in [0.2, 0.25) is 5.91 Å². The molecule has 4 nitrogen and oxygen atoms in total. The van der Waals surface area contributed by atoms with Crippen LogP contribution in [-0.4, -0.2) is 48.7 Å². The van der Waals surface area contributed by atoms with E-state index in [2.05, 4.69) is 28.0 Å². The molecule has 0 aromatic heterocycles. The normalized spacial score (nSPS) is 44.7. The summed E-state index contributed by atoms with van der Waals surface area (Å²) in [5, 5.41) is 0.788. The molecule has 6 aliphatic rings. The standard InChI is InChI=1S/C21H21ClN2O2/c22-12-1-2-15-14(7-12)21-4-5-23-10-11-3-6-26-16-9-18(25)24(15)20(21)19(16)13(11)8-17(21)23/h1-3,7,13,16-17,19-20H,4-6,8-10H2/t13-,16-,17-,19-,20-,21+/m0/s1. The number of piperidine rings is 2. The zero-order valence-corrected chi connectivity index (χ0v) is 15.3. The van der Waals surface area contributed by atoms with Gasteiger partial charge in [0.25, 0.3) is 0 Å². The lowest BCUT2D eigenvalue weighted by Crippen LogP contribution is -2.69. The highest BCUT2D eigenvalue weighted by molar-refractivity contribution is 6.30. The molecule has 1 spiro atoms. The number of carbonyl (C=O) groups excluding carboxylic acids is 1. The molecule has 5 aliphatic heterocycles. The zero-order valence-electron chi connectivity index (χ0n) is 14.5. The summed E-state index contributed by atoms with van der Waals surface area (Å²) in [4.78, 5) is 18.1. The highest BCUT2D eigenvalue weighted by Gasteiger charge is 2.70. The van der Waals surface area contributed by atoms with Crippen LogP contribution in [0.4, 0.5) is 5.69 Å². The maximum atomic E-state index is 13.2. The van der Waals surface area contributed by atoms with Crippen molar-refractivity contribution in [3.05, 3.63) is 40.4 Å². The Morgan fingerprint density at radius 3 is 3.15 bits per heavy atom. The number of hydrogen-bond donors (Lipinski definition) is 0. The smallest absolute Gasteiger partial charge is 0.229 e. The average molecular weight is 369 g/mol. The van der Waals surface area contributed by atoms with E-state index in [9.17, 15) is 4.79 Å². The molecule has 5 heterocycles. The van der Waals surface area contributed by atoms with Crippen molar-refractivity contribution in [2.45, 2.75) is 42.9 Å². The third-order valence-corrected chi connectivity index (χ3v) is 8.51. The van der Waals surface area contributed by atoms with Gasteiger partial charge in [0.1, 0.15) is 0 Å². The first kappa shape index (κ1) is 14.7. The molecule has 3 saturated heterocycles. The molecule has 0 unspecified atom stereocenters. The maximum Gasteiger partial charge on any atom is 0.229 e. The molecule has 1 aromatic rings. The van der Waals surface area contributed by atoms with Crippen molar-refractivity contribution in [1.82, 2.24) is 4.90 Å². The van der Waals surface area contributed by atoms with E-state index in [0.29, 0.717) is 30.9 Å². The van der Waals surface area contributed by atoms with Crippen molar-refractivity contribution in [3.63, 3.8) is 0 Å². The highest BCUT2D eigenvalue weighted by atomic mass is 35.5. The van der Waals surface area contributed by atoms with E-state index >= 15 is 0 Å². The number of anilines is 1. The SMILES string of the molecule is O=C1C[C@@H]2OCC=C3CN4CC[C@]56c7cc(Cl)ccc7N1[C@H]5[C@H]2[C@H]3C[C@H]46. The molecule has 0 N–H and O–H groups in total. The van der Waals surface area contributed by atoms with Crippen LogP contribution in [0.2, 0.25) is 5.02 Å². The molecular formula is C21H21ClN2O2. The summed E-state index contributed by atoms with van der Waals surface area (Å²) in [6.45, 7) is 2.87. The lowest BCUT2D eigenvalue weighted by atomic mass is 9.53. The van der Waals surface area contributed by atoms with Gasteiger partial charge in [0.15, 0.2) is 0 Å². The van der Waals surface area contributed by atoms with Crippen LogP contribution < -0.4 is 4.90 Å². The average Bonchev–Trinajstić information content (AvgIpc) is 3.09. The molecule has 1 saturated carbocycles. The molecule has 6 atom stereocenters. The van der Waals surface area contributed by atoms with Crippen LogP contribution in [-0.2, 0) is 14.9 Å². The first-order valence-corrected chi connectivity index (χ1v) is 10.2. The summed E-state index contributed by atoms with van der Waals surface area (Å²) in [5.41, 5.74) is 4.04. The molecule has 1 aliphatic carbocycles. The van der Waals surface area contributed by atoms with Crippen LogP contribution in [0, 0.1) is 11.8 Å². The lowest BCUT2D eigenvalue weighted by Gasteiger charge is -2.58. The third-order valence-electron chi connectivity index (χ3n) is 8.27. The van der Waals surface area contributed by atoms with E-state index in [0.717, 1.165) is 30.2 Å².